The summed E-state index contributed by atoms with van der Waals surface area (Å²) in [5.74, 6) is -1.36. The molecule has 1 aromatic heterocycles. The molecule has 0 aliphatic heterocycles. The highest BCUT2D eigenvalue weighted by Gasteiger charge is 2.31. The Bertz CT molecular complexity index is 546. The number of pyridine rings is 1. The third-order valence-electron chi connectivity index (χ3n) is 2.89. The van der Waals surface area contributed by atoms with Gasteiger partial charge in [-0.3, -0.25) is 19.0 Å². The number of aryl methyl sites for hydroxylation is 1. The molecule has 0 radical (unpaired) electrons. The first-order valence-electron chi connectivity index (χ1n) is 5.96. The summed E-state index contributed by atoms with van der Waals surface area (Å²) in [7, 11) is 0. The van der Waals surface area contributed by atoms with Crippen molar-refractivity contribution in [3.63, 3.8) is 0 Å². The molecule has 0 aliphatic rings. The van der Waals surface area contributed by atoms with Gasteiger partial charge in [-0.15, -0.1) is 0 Å². The molecule has 19 heavy (non-hydrogen) atoms. The Labute approximate surface area is 111 Å². The Kier molecular flexibility index (Phi) is 4.47. The van der Waals surface area contributed by atoms with E-state index in [1.807, 2.05) is 0 Å². The van der Waals surface area contributed by atoms with Crippen molar-refractivity contribution in [3.8, 4) is 0 Å². The number of carboxylic acids is 1. The molecule has 2 N–H and O–H groups in total. The molecule has 0 unspecified atom stereocenters. The van der Waals surface area contributed by atoms with E-state index in [-0.39, 0.29) is 24.4 Å². The first-order chi connectivity index (χ1) is 8.76. The van der Waals surface area contributed by atoms with Gasteiger partial charge < -0.3 is 10.4 Å². The molecule has 1 amide bonds. The van der Waals surface area contributed by atoms with Gasteiger partial charge in [-0.1, -0.05) is 6.07 Å². The lowest BCUT2D eigenvalue weighted by Gasteiger charge is -2.28. The van der Waals surface area contributed by atoms with Crippen molar-refractivity contribution in [1.29, 1.82) is 0 Å². The fourth-order valence-corrected chi connectivity index (χ4v) is 1.91. The molecular weight excluding hydrogens is 248 g/mol. The van der Waals surface area contributed by atoms with E-state index in [2.05, 4.69) is 5.32 Å². The molecule has 0 spiro atoms. The predicted octanol–water partition coefficient (Wildman–Crippen LogP) is 0.483. The van der Waals surface area contributed by atoms with Crippen molar-refractivity contribution < 1.29 is 14.7 Å². The van der Waals surface area contributed by atoms with Gasteiger partial charge in [0, 0.05) is 18.3 Å². The fourth-order valence-electron chi connectivity index (χ4n) is 1.91. The van der Waals surface area contributed by atoms with Crippen LogP contribution in [-0.2, 0) is 15.1 Å². The van der Waals surface area contributed by atoms with Gasteiger partial charge in [0.2, 0.25) is 5.91 Å². The zero-order valence-corrected chi connectivity index (χ0v) is 11.3. The van der Waals surface area contributed by atoms with Crippen molar-refractivity contribution in [1.82, 2.24) is 9.88 Å². The number of hydrogen-bond acceptors (Lipinski definition) is 3. The molecule has 0 fully saturated rings. The maximum absolute atomic E-state index is 12.1. The van der Waals surface area contributed by atoms with E-state index < -0.39 is 11.5 Å². The number of carbonyl (C=O) groups is 2. The molecule has 0 aromatic carbocycles. The van der Waals surface area contributed by atoms with Gasteiger partial charge in [-0.05, 0) is 26.8 Å². The molecule has 6 heteroatoms. The standard InChI is InChI=1S/C13H18N2O4/c1-9-5-4-6-10(16)15(9)13(2,3)12(19)14-8-7-11(17)18/h4-6H,7-8H2,1-3H3,(H,14,19)(H,17,18). The number of aromatic nitrogens is 1. The van der Waals surface area contributed by atoms with Crippen molar-refractivity contribution in [2.45, 2.75) is 32.7 Å². The Balaban J connectivity index is 2.94. The van der Waals surface area contributed by atoms with E-state index in [0.29, 0.717) is 5.69 Å². The minimum Gasteiger partial charge on any atom is -0.481 e. The SMILES string of the molecule is Cc1cccc(=O)n1C(C)(C)C(=O)NCCC(=O)O. The van der Waals surface area contributed by atoms with Gasteiger partial charge in [0.25, 0.3) is 5.56 Å². The van der Waals surface area contributed by atoms with Gasteiger partial charge in [-0.2, -0.15) is 0 Å². The van der Waals surface area contributed by atoms with Gasteiger partial charge in [-0.25, -0.2) is 0 Å². The van der Waals surface area contributed by atoms with Crippen LogP contribution in [0.1, 0.15) is 26.0 Å². The van der Waals surface area contributed by atoms with Crippen LogP contribution in [0.5, 0.6) is 0 Å². The number of nitrogens with zero attached hydrogens (tertiary/aromatic N) is 1. The van der Waals surface area contributed by atoms with Gasteiger partial charge in [0.15, 0.2) is 0 Å². The highest BCUT2D eigenvalue weighted by molar-refractivity contribution is 5.84. The van der Waals surface area contributed by atoms with Crippen LogP contribution in [0.2, 0.25) is 0 Å². The minimum absolute atomic E-state index is 0.0399. The number of hydrogen-bond donors (Lipinski definition) is 2. The zero-order chi connectivity index (χ0) is 14.6. The number of carbonyl (C=O) groups excluding carboxylic acids is 1. The molecule has 1 aromatic rings. The van der Waals surface area contributed by atoms with E-state index in [0.717, 1.165) is 0 Å². The molecular formula is C13H18N2O4. The van der Waals surface area contributed by atoms with Crippen LogP contribution in [0.3, 0.4) is 0 Å². The maximum Gasteiger partial charge on any atom is 0.305 e. The number of amides is 1. The van der Waals surface area contributed by atoms with Crippen LogP contribution < -0.4 is 10.9 Å². The molecule has 1 heterocycles. The molecule has 0 aliphatic carbocycles. The number of rotatable bonds is 5. The summed E-state index contributed by atoms with van der Waals surface area (Å²) >= 11 is 0. The zero-order valence-electron chi connectivity index (χ0n) is 11.3. The summed E-state index contributed by atoms with van der Waals surface area (Å²) in [5, 5.41) is 11.1. The van der Waals surface area contributed by atoms with Gasteiger partial charge in [0.1, 0.15) is 5.54 Å². The average molecular weight is 266 g/mol. The first-order valence-corrected chi connectivity index (χ1v) is 5.96. The first kappa shape index (κ1) is 14.9. The van der Waals surface area contributed by atoms with Crippen LogP contribution in [0.4, 0.5) is 0 Å². The normalized spacial score (nSPS) is 11.1. The van der Waals surface area contributed by atoms with E-state index in [1.54, 1.807) is 32.9 Å². The Morgan fingerprint density at radius 1 is 1.37 bits per heavy atom. The van der Waals surface area contributed by atoms with Crippen LogP contribution in [0, 0.1) is 6.92 Å². The van der Waals surface area contributed by atoms with Crippen LogP contribution in [-0.4, -0.2) is 28.1 Å². The van der Waals surface area contributed by atoms with Gasteiger partial charge >= 0.3 is 5.97 Å². The topological polar surface area (TPSA) is 88.4 Å². The third kappa shape index (κ3) is 3.43. The van der Waals surface area contributed by atoms with Crippen LogP contribution >= 0.6 is 0 Å². The lowest BCUT2D eigenvalue weighted by atomic mass is 10.0. The molecule has 0 bridgehead atoms. The molecule has 104 valence electrons. The molecule has 0 saturated carbocycles. The molecule has 0 saturated heterocycles. The van der Waals surface area contributed by atoms with Crippen LogP contribution in [0.25, 0.3) is 0 Å². The highest BCUT2D eigenvalue weighted by Crippen LogP contribution is 2.15. The Morgan fingerprint density at radius 3 is 2.53 bits per heavy atom. The third-order valence-corrected chi connectivity index (χ3v) is 2.89. The summed E-state index contributed by atoms with van der Waals surface area (Å²) in [5.41, 5.74) is -0.662. The van der Waals surface area contributed by atoms with Crippen LogP contribution in [0.15, 0.2) is 23.0 Å². The molecule has 0 atom stereocenters. The van der Waals surface area contributed by atoms with E-state index in [1.165, 1.54) is 10.6 Å². The quantitative estimate of drug-likeness (QED) is 0.811. The van der Waals surface area contributed by atoms with E-state index >= 15 is 0 Å². The summed E-state index contributed by atoms with van der Waals surface area (Å²) in [6.45, 7) is 5.03. The van der Waals surface area contributed by atoms with Crippen molar-refractivity contribution >= 4 is 11.9 Å². The summed E-state index contributed by atoms with van der Waals surface area (Å²) in [6, 6.07) is 4.76. The smallest absolute Gasteiger partial charge is 0.305 e. The molecule has 1 rings (SSSR count). The number of carboxylic acid groups (broad SMARTS) is 1. The lowest BCUT2D eigenvalue weighted by molar-refractivity contribution is -0.137. The number of nitrogens with one attached hydrogen (secondary N) is 1. The largest absolute Gasteiger partial charge is 0.481 e. The Hall–Kier alpha value is -2.11. The Morgan fingerprint density at radius 2 is 2.00 bits per heavy atom. The number of aliphatic carboxylic acids is 1. The second kappa shape index (κ2) is 5.69. The minimum atomic E-state index is -1.07. The lowest BCUT2D eigenvalue weighted by Crippen LogP contribution is -2.49. The van der Waals surface area contributed by atoms with Crippen molar-refractivity contribution in [3.05, 3.63) is 34.2 Å². The second-order valence-corrected chi connectivity index (χ2v) is 4.80. The fraction of sp³-hybridized carbons (Fsp3) is 0.462. The van der Waals surface area contributed by atoms with Crippen molar-refractivity contribution in [2.75, 3.05) is 6.54 Å². The van der Waals surface area contributed by atoms with Crippen molar-refractivity contribution in [2.24, 2.45) is 0 Å². The monoisotopic (exact) mass is 266 g/mol. The average Bonchev–Trinajstić information content (AvgIpc) is 2.27. The summed E-state index contributed by atoms with van der Waals surface area (Å²) in [6.07, 6.45) is -0.148. The summed E-state index contributed by atoms with van der Waals surface area (Å²) < 4.78 is 1.39. The van der Waals surface area contributed by atoms with E-state index in [9.17, 15) is 14.4 Å². The predicted molar refractivity (Wildman–Crippen MR) is 70.0 cm³/mol. The molecule has 6 nitrogen and oxygen atoms in total. The maximum atomic E-state index is 12.1. The second-order valence-electron chi connectivity index (χ2n) is 4.80. The summed E-state index contributed by atoms with van der Waals surface area (Å²) in [4.78, 5) is 34.4. The van der Waals surface area contributed by atoms with E-state index in [4.69, 9.17) is 5.11 Å². The highest BCUT2D eigenvalue weighted by atomic mass is 16.4. The van der Waals surface area contributed by atoms with Gasteiger partial charge in [0.05, 0.1) is 6.42 Å².